The minimum absolute atomic E-state index is 0.277. The lowest BCUT2D eigenvalue weighted by molar-refractivity contribution is -0.00523. The molecule has 1 aromatic rings. The van der Waals surface area contributed by atoms with Crippen LogP contribution in [-0.2, 0) is 11.1 Å². The van der Waals surface area contributed by atoms with Gasteiger partial charge in [-0.3, -0.25) is 0 Å². The number of morpholine rings is 1. The summed E-state index contributed by atoms with van der Waals surface area (Å²) in [5, 5.41) is 3.09. The first-order chi connectivity index (χ1) is 7.19. The number of ether oxygens (including phenoxy) is 1. The summed E-state index contributed by atoms with van der Waals surface area (Å²) >= 11 is 1.66. The van der Waals surface area contributed by atoms with Gasteiger partial charge in [0.1, 0.15) is 0 Å². The average Bonchev–Trinajstić information content (AvgIpc) is 2.64. The van der Waals surface area contributed by atoms with Crippen molar-refractivity contribution in [3.05, 3.63) is 11.1 Å². The Morgan fingerprint density at radius 1 is 1.53 bits per heavy atom. The standard InChI is InChI=1S/C10H15BN2OS/c1-7-4-13(5-8(2)14-7)10-12-9(3-11)6-15-10/h6-8H,3-5H2,1-2H3/t7-,8+. The summed E-state index contributed by atoms with van der Waals surface area (Å²) in [4.78, 5) is 6.77. The van der Waals surface area contributed by atoms with Crippen molar-refractivity contribution in [3.8, 4) is 0 Å². The number of hydrogen-bond donors (Lipinski definition) is 0. The number of hydrogen-bond acceptors (Lipinski definition) is 4. The number of aromatic nitrogens is 1. The maximum Gasteiger partial charge on any atom is 0.185 e. The zero-order chi connectivity index (χ0) is 10.8. The summed E-state index contributed by atoms with van der Waals surface area (Å²) < 4.78 is 5.68. The molecule has 0 amide bonds. The Kier molecular flexibility index (Phi) is 3.31. The molecule has 2 radical (unpaired) electrons. The topological polar surface area (TPSA) is 25.4 Å². The van der Waals surface area contributed by atoms with E-state index in [1.165, 1.54) is 0 Å². The lowest BCUT2D eigenvalue weighted by atomic mass is 10.0. The maximum atomic E-state index is 5.68. The van der Waals surface area contributed by atoms with Gasteiger partial charge in [-0.15, -0.1) is 11.3 Å². The SMILES string of the molecule is [B]Cc1csc(N2C[C@@H](C)O[C@@H](C)C2)n1. The molecule has 1 aliphatic heterocycles. The van der Waals surface area contributed by atoms with E-state index >= 15 is 0 Å². The zero-order valence-electron chi connectivity index (χ0n) is 9.14. The fraction of sp³-hybridized carbons (Fsp3) is 0.700. The van der Waals surface area contributed by atoms with Crippen LogP contribution in [0.2, 0.25) is 0 Å². The Morgan fingerprint density at radius 2 is 2.20 bits per heavy atom. The molecule has 0 N–H and O–H groups in total. The van der Waals surface area contributed by atoms with E-state index in [4.69, 9.17) is 12.6 Å². The van der Waals surface area contributed by atoms with Crippen LogP contribution in [0.1, 0.15) is 19.5 Å². The van der Waals surface area contributed by atoms with Crippen molar-refractivity contribution >= 4 is 24.3 Å². The van der Waals surface area contributed by atoms with Crippen LogP contribution in [-0.4, -0.2) is 38.1 Å². The summed E-state index contributed by atoms with van der Waals surface area (Å²) in [6.07, 6.45) is 1.07. The number of rotatable bonds is 2. The van der Waals surface area contributed by atoms with Gasteiger partial charge in [0.05, 0.1) is 20.1 Å². The molecule has 0 aromatic carbocycles. The molecule has 1 saturated heterocycles. The van der Waals surface area contributed by atoms with E-state index in [0.717, 1.165) is 23.9 Å². The minimum atomic E-state index is 0.277. The van der Waals surface area contributed by atoms with Crippen LogP contribution >= 0.6 is 11.3 Å². The van der Waals surface area contributed by atoms with E-state index in [9.17, 15) is 0 Å². The second-order valence-electron chi connectivity index (χ2n) is 3.99. The van der Waals surface area contributed by atoms with Gasteiger partial charge in [-0.1, -0.05) is 0 Å². The van der Waals surface area contributed by atoms with Crippen molar-refractivity contribution in [3.63, 3.8) is 0 Å². The van der Waals surface area contributed by atoms with Gasteiger partial charge >= 0.3 is 0 Å². The lowest BCUT2D eigenvalue weighted by Gasteiger charge is -2.35. The Labute approximate surface area is 95.9 Å². The van der Waals surface area contributed by atoms with Gasteiger partial charge in [0.25, 0.3) is 0 Å². The highest BCUT2D eigenvalue weighted by Gasteiger charge is 2.23. The molecule has 0 bridgehead atoms. The number of nitrogens with zero attached hydrogens (tertiary/aromatic N) is 2. The molecule has 3 nitrogen and oxygen atoms in total. The molecule has 5 heteroatoms. The molecular weight excluding hydrogens is 207 g/mol. The summed E-state index contributed by atoms with van der Waals surface area (Å²) in [5.74, 6) is 0. The van der Waals surface area contributed by atoms with Gasteiger partial charge in [0.2, 0.25) is 0 Å². The van der Waals surface area contributed by atoms with Gasteiger partial charge in [-0.2, -0.15) is 0 Å². The Balaban J connectivity index is 2.09. The first-order valence-electron chi connectivity index (χ1n) is 5.24. The number of anilines is 1. The highest BCUT2D eigenvalue weighted by molar-refractivity contribution is 7.13. The largest absolute Gasteiger partial charge is 0.372 e. The van der Waals surface area contributed by atoms with E-state index in [0.29, 0.717) is 6.32 Å². The van der Waals surface area contributed by atoms with E-state index in [-0.39, 0.29) is 12.2 Å². The van der Waals surface area contributed by atoms with Crippen molar-refractivity contribution in [2.45, 2.75) is 32.4 Å². The van der Waals surface area contributed by atoms with Gasteiger partial charge in [0, 0.05) is 24.2 Å². The summed E-state index contributed by atoms with van der Waals surface area (Å²) in [6, 6.07) is 0. The van der Waals surface area contributed by atoms with Crippen molar-refractivity contribution < 1.29 is 4.74 Å². The van der Waals surface area contributed by atoms with Crippen LogP contribution in [0.5, 0.6) is 0 Å². The van der Waals surface area contributed by atoms with Crippen LogP contribution in [0.15, 0.2) is 5.38 Å². The predicted octanol–water partition coefficient (Wildman–Crippen LogP) is 1.43. The van der Waals surface area contributed by atoms with E-state index in [1.807, 2.05) is 5.38 Å². The lowest BCUT2D eigenvalue weighted by Crippen LogP contribution is -2.45. The van der Waals surface area contributed by atoms with Crippen LogP contribution in [0.25, 0.3) is 0 Å². The fourth-order valence-corrected chi connectivity index (χ4v) is 2.73. The summed E-state index contributed by atoms with van der Waals surface area (Å²) in [7, 11) is 5.55. The van der Waals surface area contributed by atoms with E-state index in [2.05, 4.69) is 23.7 Å². The molecule has 80 valence electrons. The maximum absolute atomic E-state index is 5.68. The molecule has 2 rings (SSSR count). The fourth-order valence-electron chi connectivity index (χ4n) is 1.87. The van der Waals surface area contributed by atoms with E-state index in [1.54, 1.807) is 11.3 Å². The Hall–Kier alpha value is -0.545. The van der Waals surface area contributed by atoms with Crippen molar-refractivity contribution in [1.82, 2.24) is 4.98 Å². The molecule has 2 heterocycles. The molecular formula is C10H15BN2OS. The third-order valence-electron chi connectivity index (χ3n) is 2.44. The zero-order valence-corrected chi connectivity index (χ0v) is 9.96. The van der Waals surface area contributed by atoms with Gasteiger partial charge < -0.3 is 9.64 Å². The van der Waals surface area contributed by atoms with Crippen molar-refractivity contribution in [2.75, 3.05) is 18.0 Å². The number of thiazole rings is 1. The quantitative estimate of drug-likeness (QED) is 0.707. The van der Waals surface area contributed by atoms with Gasteiger partial charge in [-0.25, -0.2) is 4.98 Å². The molecule has 1 fully saturated rings. The van der Waals surface area contributed by atoms with Crippen molar-refractivity contribution in [1.29, 1.82) is 0 Å². The van der Waals surface area contributed by atoms with Crippen LogP contribution < -0.4 is 4.90 Å². The average molecular weight is 222 g/mol. The molecule has 15 heavy (non-hydrogen) atoms. The second kappa shape index (κ2) is 4.53. The van der Waals surface area contributed by atoms with Crippen LogP contribution in [0.3, 0.4) is 0 Å². The predicted molar refractivity (Wildman–Crippen MR) is 63.8 cm³/mol. The van der Waals surface area contributed by atoms with E-state index < -0.39 is 0 Å². The highest BCUT2D eigenvalue weighted by Crippen LogP contribution is 2.24. The van der Waals surface area contributed by atoms with Gasteiger partial charge in [-0.05, 0) is 20.2 Å². The Morgan fingerprint density at radius 3 is 2.73 bits per heavy atom. The molecule has 2 atom stereocenters. The first kappa shape index (κ1) is 11.0. The van der Waals surface area contributed by atoms with Crippen LogP contribution in [0.4, 0.5) is 5.13 Å². The second-order valence-corrected chi connectivity index (χ2v) is 4.82. The van der Waals surface area contributed by atoms with Gasteiger partial charge in [0.15, 0.2) is 5.13 Å². The molecule has 0 saturated carbocycles. The molecule has 0 aliphatic carbocycles. The monoisotopic (exact) mass is 222 g/mol. The third-order valence-corrected chi connectivity index (χ3v) is 3.39. The third kappa shape index (κ3) is 2.52. The minimum Gasteiger partial charge on any atom is -0.372 e. The molecule has 1 aliphatic rings. The molecule has 1 aromatic heterocycles. The molecule has 0 spiro atoms. The van der Waals surface area contributed by atoms with Crippen LogP contribution in [0, 0.1) is 0 Å². The highest BCUT2D eigenvalue weighted by atomic mass is 32.1. The molecule has 0 unspecified atom stereocenters. The summed E-state index contributed by atoms with van der Waals surface area (Å²) in [6.45, 7) is 6.03. The normalized spacial score (nSPS) is 26.9. The van der Waals surface area contributed by atoms with Crippen molar-refractivity contribution in [2.24, 2.45) is 0 Å². The smallest absolute Gasteiger partial charge is 0.185 e. The summed E-state index contributed by atoms with van der Waals surface area (Å²) in [5.41, 5.74) is 0.974. The first-order valence-corrected chi connectivity index (χ1v) is 6.12. The Bertz CT molecular complexity index is 321.